The van der Waals surface area contributed by atoms with Crippen LogP contribution in [0.15, 0.2) is 0 Å². The quantitative estimate of drug-likeness (QED) is 0.517. The lowest BCUT2D eigenvalue weighted by Gasteiger charge is -2.13. The Balaban J connectivity index is 3.64. The standard InChI is InChI=1S/C8H18N2O/c1-6(2)8(10)7(11)4-3-5-9/h6-7,10-11H,3-5,9H2,1-2H3. The Kier molecular flexibility index (Phi) is 5.07. The summed E-state index contributed by atoms with van der Waals surface area (Å²) in [6, 6.07) is 0. The van der Waals surface area contributed by atoms with Crippen molar-refractivity contribution in [1.29, 1.82) is 5.41 Å². The van der Waals surface area contributed by atoms with Crippen molar-refractivity contribution in [1.82, 2.24) is 0 Å². The number of nitrogens with one attached hydrogen (secondary N) is 1. The zero-order chi connectivity index (χ0) is 8.85. The van der Waals surface area contributed by atoms with Gasteiger partial charge in [0.25, 0.3) is 0 Å². The number of hydrogen-bond acceptors (Lipinski definition) is 3. The lowest BCUT2D eigenvalue weighted by atomic mass is 10.00. The van der Waals surface area contributed by atoms with E-state index in [9.17, 15) is 5.11 Å². The lowest BCUT2D eigenvalue weighted by Crippen LogP contribution is -2.24. The highest BCUT2D eigenvalue weighted by Crippen LogP contribution is 2.04. The molecule has 0 radical (unpaired) electrons. The summed E-state index contributed by atoms with van der Waals surface area (Å²) in [5, 5.41) is 16.8. The van der Waals surface area contributed by atoms with Gasteiger partial charge in [0.15, 0.2) is 0 Å². The predicted molar refractivity (Wildman–Crippen MR) is 46.9 cm³/mol. The van der Waals surface area contributed by atoms with Crippen molar-refractivity contribution in [2.75, 3.05) is 6.54 Å². The fourth-order valence-electron chi connectivity index (χ4n) is 0.851. The Morgan fingerprint density at radius 3 is 2.45 bits per heavy atom. The van der Waals surface area contributed by atoms with E-state index < -0.39 is 6.10 Å². The molecule has 0 aromatic carbocycles. The molecule has 0 bridgehead atoms. The highest BCUT2D eigenvalue weighted by molar-refractivity contribution is 5.87. The van der Waals surface area contributed by atoms with Crippen LogP contribution in [-0.2, 0) is 0 Å². The molecule has 0 saturated carbocycles. The molecule has 0 aliphatic rings. The maximum atomic E-state index is 9.34. The molecule has 3 nitrogen and oxygen atoms in total. The van der Waals surface area contributed by atoms with Gasteiger partial charge in [-0.05, 0) is 25.3 Å². The molecule has 11 heavy (non-hydrogen) atoms. The van der Waals surface area contributed by atoms with E-state index in [-0.39, 0.29) is 5.92 Å². The normalized spacial score (nSPS) is 13.5. The third-order valence-corrected chi connectivity index (χ3v) is 1.66. The van der Waals surface area contributed by atoms with E-state index in [1.165, 1.54) is 0 Å². The summed E-state index contributed by atoms with van der Waals surface area (Å²) in [6.07, 6.45) is 0.822. The van der Waals surface area contributed by atoms with Crippen molar-refractivity contribution in [3.8, 4) is 0 Å². The molecule has 0 amide bonds. The van der Waals surface area contributed by atoms with E-state index in [2.05, 4.69) is 0 Å². The summed E-state index contributed by atoms with van der Waals surface area (Å²) in [6.45, 7) is 4.41. The summed E-state index contributed by atoms with van der Waals surface area (Å²) in [7, 11) is 0. The minimum absolute atomic E-state index is 0.141. The predicted octanol–water partition coefficient (Wildman–Crippen LogP) is 0.762. The molecule has 0 aromatic rings. The Hall–Kier alpha value is -0.410. The van der Waals surface area contributed by atoms with Gasteiger partial charge in [-0.25, -0.2) is 0 Å². The Morgan fingerprint density at radius 1 is 1.55 bits per heavy atom. The van der Waals surface area contributed by atoms with Gasteiger partial charge >= 0.3 is 0 Å². The minimum atomic E-state index is -0.585. The molecular formula is C8H18N2O. The Bertz CT molecular complexity index is 123. The largest absolute Gasteiger partial charge is 0.387 e. The molecule has 1 unspecified atom stereocenters. The number of hydrogen-bond donors (Lipinski definition) is 3. The van der Waals surface area contributed by atoms with Crippen LogP contribution in [0.1, 0.15) is 26.7 Å². The molecule has 0 spiro atoms. The Morgan fingerprint density at radius 2 is 2.09 bits per heavy atom. The van der Waals surface area contributed by atoms with E-state index in [1.807, 2.05) is 13.8 Å². The van der Waals surface area contributed by atoms with E-state index in [0.717, 1.165) is 6.42 Å². The van der Waals surface area contributed by atoms with Crippen molar-refractivity contribution in [3.63, 3.8) is 0 Å². The first-order valence-corrected chi connectivity index (χ1v) is 4.06. The van der Waals surface area contributed by atoms with Crippen LogP contribution in [-0.4, -0.2) is 23.5 Å². The fourth-order valence-corrected chi connectivity index (χ4v) is 0.851. The van der Waals surface area contributed by atoms with Gasteiger partial charge in [0.1, 0.15) is 0 Å². The number of aliphatic hydroxyl groups is 1. The van der Waals surface area contributed by atoms with Gasteiger partial charge in [-0.15, -0.1) is 0 Å². The van der Waals surface area contributed by atoms with Gasteiger partial charge < -0.3 is 16.2 Å². The van der Waals surface area contributed by atoms with E-state index >= 15 is 0 Å². The minimum Gasteiger partial charge on any atom is -0.387 e. The van der Waals surface area contributed by atoms with Crippen LogP contribution in [0, 0.1) is 11.3 Å². The lowest BCUT2D eigenvalue weighted by molar-refractivity contribution is 0.222. The molecule has 0 aromatic heterocycles. The number of aliphatic hydroxyl groups excluding tert-OH is 1. The maximum Gasteiger partial charge on any atom is 0.0917 e. The summed E-state index contributed by atoms with van der Waals surface area (Å²) < 4.78 is 0. The van der Waals surface area contributed by atoms with Crippen molar-refractivity contribution >= 4 is 5.71 Å². The summed E-state index contributed by atoms with van der Waals surface area (Å²) >= 11 is 0. The smallest absolute Gasteiger partial charge is 0.0917 e. The molecule has 3 heteroatoms. The second-order valence-electron chi connectivity index (χ2n) is 3.06. The average molecular weight is 158 g/mol. The van der Waals surface area contributed by atoms with E-state index in [0.29, 0.717) is 18.7 Å². The molecule has 0 aliphatic heterocycles. The second kappa shape index (κ2) is 5.27. The Labute approximate surface area is 68.1 Å². The zero-order valence-electron chi connectivity index (χ0n) is 7.30. The van der Waals surface area contributed by atoms with Crippen molar-refractivity contribution < 1.29 is 5.11 Å². The van der Waals surface area contributed by atoms with Gasteiger partial charge in [0, 0.05) is 5.71 Å². The van der Waals surface area contributed by atoms with Crippen LogP contribution in [0.2, 0.25) is 0 Å². The number of nitrogens with two attached hydrogens (primary N) is 1. The third-order valence-electron chi connectivity index (χ3n) is 1.66. The van der Waals surface area contributed by atoms with Gasteiger partial charge in [-0.1, -0.05) is 13.8 Å². The van der Waals surface area contributed by atoms with Crippen molar-refractivity contribution in [2.45, 2.75) is 32.8 Å². The highest BCUT2D eigenvalue weighted by Gasteiger charge is 2.12. The molecule has 0 fully saturated rings. The molecule has 1 atom stereocenters. The summed E-state index contributed by atoms with van der Waals surface area (Å²) in [5.41, 5.74) is 5.69. The van der Waals surface area contributed by atoms with Crippen LogP contribution < -0.4 is 5.73 Å². The van der Waals surface area contributed by atoms with Gasteiger partial charge in [-0.3, -0.25) is 0 Å². The van der Waals surface area contributed by atoms with Gasteiger partial charge in [-0.2, -0.15) is 0 Å². The monoisotopic (exact) mass is 158 g/mol. The summed E-state index contributed by atoms with van der Waals surface area (Å²) in [4.78, 5) is 0. The first-order chi connectivity index (χ1) is 5.09. The molecule has 66 valence electrons. The third kappa shape index (κ3) is 4.11. The molecular weight excluding hydrogens is 140 g/mol. The average Bonchev–Trinajstić information content (AvgIpc) is 1.98. The summed E-state index contributed by atoms with van der Waals surface area (Å²) in [5.74, 6) is 0.141. The SMILES string of the molecule is CC(C)C(=N)C(O)CCCN. The molecule has 0 heterocycles. The van der Waals surface area contributed by atoms with Crippen molar-refractivity contribution in [2.24, 2.45) is 11.7 Å². The van der Waals surface area contributed by atoms with Crippen molar-refractivity contribution in [3.05, 3.63) is 0 Å². The first-order valence-electron chi connectivity index (χ1n) is 4.06. The molecule has 0 aliphatic carbocycles. The van der Waals surface area contributed by atoms with Gasteiger partial charge in [0.2, 0.25) is 0 Å². The topological polar surface area (TPSA) is 70.1 Å². The molecule has 0 rings (SSSR count). The van der Waals surface area contributed by atoms with Crippen LogP contribution in [0.4, 0.5) is 0 Å². The van der Waals surface area contributed by atoms with Crippen LogP contribution in [0.25, 0.3) is 0 Å². The first kappa shape index (κ1) is 10.6. The second-order valence-corrected chi connectivity index (χ2v) is 3.06. The maximum absolute atomic E-state index is 9.34. The van der Waals surface area contributed by atoms with E-state index in [4.69, 9.17) is 11.1 Å². The zero-order valence-corrected chi connectivity index (χ0v) is 7.30. The van der Waals surface area contributed by atoms with Crippen LogP contribution in [0.3, 0.4) is 0 Å². The number of rotatable bonds is 5. The fraction of sp³-hybridized carbons (Fsp3) is 0.875. The van der Waals surface area contributed by atoms with E-state index in [1.54, 1.807) is 0 Å². The highest BCUT2D eigenvalue weighted by atomic mass is 16.3. The van der Waals surface area contributed by atoms with Crippen LogP contribution in [0.5, 0.6) is 0 Å². The molecule has 0 saturated heterocycles. The molecule has 4 N–H and O–H groups in total. The van der Waals surface area contributed by atoms with Crippen LogP contribution >= 0.6 is 0 Å². The van der Waals surface area contributed by atoms with Gasteiger partial charge in [0.05, 0.1) is 6.10 Å².